The molecule has 23 heavy (non-hydrogen) atoms. The highest BCUT2D eigenvalue weighted by atomic mass is 16.5. The molecule has 8 heteroatoms. The average Bonchev–Trinajstić information content (AvgIpc) is 2.46. The van der Waals surface area contributed by atoms with Gasteiger partial charge in [0.05, 0.1) is 19.2 Å². The van der Waals surface area contributed by atoms with Gasteiger partial charge in [-0.3, -0.25) is 14.6 Å². The number of anilines is 1. The van der Waals surface area contributed by atoms with E-state index in [0.717, 1.165) is 11.3 Å². The number of guanidine groups is 1. The average molecular weight is 315 g/mol. The Hall–Kier alpha value is -3.16. The minimum atomic E-state index is -0.496. The molecular formula is C15H17N5O3. The van der Waals surface area contributed by atoms with Gasteiger partial charge < -0.3 is 15.8 Å². The fourth-order valence-corrected chi connectivity index (χ4v) is 1.87. The number of nitrogens with two attached hydrogens (primary N) is 1. The summed E-state index contributed by atoms with van der Waals surface area (Å²) in [6, 6.07) is 8.77. The number of carbonyl (C=O) groups excluding carboxylic acids is 1. The number of H-pyrrole nitrogens is 1. The van der Waals surface area contributed by atoms with Gasteiger partial charge in [-0.15, -0.1) is 0 Å². The maximum atomic E-state index is 11.6. The van der Waals surface area contributed by atoms with E-state index in [4.69, 9.17) is 5.73 Å². The molecule has 0 amide bonds. The van der Waals surface area contributed by atoms with Crippen LogP contribution in [0.5, 0.6) is 0 Å². The summed E-state index contributed by atoms with van der Waals surface area (Å²) in [7, 11) is 1.26. The molecule has 0 spiro atoms. The molecule has 1 heterocycles. The first kappa shape index (κ1) is 16.2. The number of aromatic nitrogens is 2. The van der Waals surface area contributed by atoms with Crippen molar-refractivity contribution in [1.82, 2.24) is 9.97 Å². The number of esters is 1. The zero-order valence-corrected chi connectivity index (χ0v) is 12.8. The standard InChI is InChI=1S/C15H17N5O3/c1-9-4-3-5-10(6-9)17-14(16)20-15-18-11(7-12(21)19-15)8-13(22)23-2/h3-7H,8H2,1-2H3,(H4,16,17,18,19,20,21). The molecule has 0 bridgehead atoms. The van der Waals surface area contributed by atoms with Gasteiger partial charge in [0.15, 0.2) is 0 Å². The lowest BCUT2D eigenvalue weighted by Crippen LogP contribution is -2.22. The van der Waals surface area contributed by atoms with Gasteiger partial charge in [-0.1, -0.05) is 12.1 Å². The van der Waals surface area contributed by atoms with Crippen LogP contribution in [-0.4, -0.2) is 29.0 Å². The van der Waals surface area contributed by atoms with E-state index in [1.54, 1.807) is 0 Å². The number of rotatable bonds is 4. The first-order valence-electron chi connectivity index (χ1n) is 6.81. The largest absolute Gasteiger partial charge is 0.469 e. The molecule has 1 aromatic carbocycles. The van der Waals surface area contributed by atoms with Crippen LogP contribution in [0.1, 0.15) is 11.3 Å². The number of ether oxygens (including phenoxy) is 1. The van der Waals surface area contributed by atoms with Crippen molar-refractivity contribution < 1.29 is 9.53 Å². The number of aryl methyl sites for hydroxylation is 1. The predicted octanol–water partition coefficient (Wildman–Crippen LogP) is 0.852. The second-order valence-electron chi connectivity index (χ2n) is 4.80. The Morgan fingerprint density at radius 1 is 1.43 bits per heavy atom. The SMILES string of the molecule is COC(=O)Cc1cc(=O)[nH]c(N=C(N)Nc2cccc(C)c2)n1. The van der Waals surface area contributed by atoms with Crippen LogP contribution in [-0.2, 0) is 16.0 Å². The maximum absolute atomic E-state index is 11.6. The van der Waals surface area contributed by atoms with Crippen molar-refractivity contribution in [2.45, 2.75) is 13.3 Å². The summed E-state index contributed by atoms with van der Waals surface area (Å²) in [6.45, 7) is 1.95. The molecule has 0 saturated carbocycles. The topological polar surface area (TPSA) is 122 Å². The summed E-state index contributed by atoms with van der Waals surface area (Å²) in [6.07, 6.45) is -0.117. The normalized spacial score (nSPS) is 11.1. The van der Waals surface area contributed by atoms with Crippen molar-refractivity contribution in [3.63, 3.8) is 0 Å². The van der Waals surface area contributed by atoms with Crippen molar-refractivity contribution in [1.29, 1.82) is 0 Å². The van der Waals surface area contributed by atoms with E-state index in [2.05, 4.69) is 25.0 Å². The van der Waals surface area contributed by atoms with Crippen LogP contribution in [0, 0.1) is 6.92 Å². The Morgan fingerprint density at radius 2 is 2.22 bits per heavy atom. The van der Waals surface area contributed by atoms with Crippen molar-refractivity contribution in [3.8, 4) is 0 Å². The Morgan fingerprint density at radius 3 is 2.91 bits per heavy atom. The molecule has 0 radical (unpaired) electrons. The van der Waals surface area contributed by atoms with Gasteiger partial charge in [0.1, 0.15) is 0 Å². The highest BCUT2D eigenvalue weighted by molar-refractivity contribution is 5.93. The van der Waals surface area contributed by atoms with E-state index in [9.17, 15) is 9.59 Å². The molecule has 0 unspecified atom stereocenters. The number of aliphatic imine (C=N–C) groups is 1. The summed E-state index contributed by atoms with van der Waals surface area (Å²) < 4.78 is 4.54. The second kappa shape index (κ2) is 7.21. The quantitative estimate of drug-likeness (QED) is 0.437. The number of hydrogen-bond donors (Lipinski definition) is 3. The third-order valence-electron chi connectivity index (χ3n) is 2.85. The molecule has 8 nitrogen and oxygen atoms in total. The summed E-state index contributed by atoms with van der Waals surface area (Å²) in [5.74, 6) is -0.424. The van der Waals surface area contributed by atoms with Gasteiger partial charge in [0.25, 0.3) is 5.56 Å². The van der Waals surface area contributed by atoms with Gasteiger partial charge in [-0.05, 0) is 24.6 Å². The lowest BCUT2D eigenvalue weighted by Gasteiger charge is -2.06. The molecule has 4 N–H and O–H groups in total. The molecule has 120 valence electrons. The van der Waals surface area contributed by atoms with Crippen LogP contribution >= 0.6 is 0 Å². The molecule has 0 aliphatic heterocycles. The maximum Gasteiger partial charge on any atom is 0.311 e. The molecule has 0 aliphatic carbocycles. The van der Waals surface area contributed by atoms with E-state index in [1.165, 1.54) is 13.2 Å². The second-order valence-corrected chi connectivity index (χ2v) is 4.80. The Balaban J connectivity index is 2.20. The number of nitrogens with one attached hydrogen (secondary N) is 2. The van der Waals surface area contributed by atoms with Crippen LogP contribution in [0.2, 0.25) is 0 Å². The fourth-order valence-electron chi connectivity index (χ4n) is 1.87. The smallest absolute Gasteiger partial charge is 0.311 e. The van der Waals surface area contributed by atoms with E-state index in [0.29, 0.717) is 0 Å². The van der Waals surface area contributed by atoms with Gasteiger partial charge in [0.2, 0.25) is 11.9 Å². The van der Waals surface area contributed by atoms with Crippen molar-refractivity contribution >= 4 is 23.6 Å². The molecule has 2 aromatic rings. The number of benzene rings is 1. The molecule has 0 fully saturated rings. The van der Waals surface area contributed by atoms with Crippen molar-refractivity contribution in [2.75, 3.05) is 12.4 Å². The van der Waals surface area contributed by atoms with Gasteiger partial charge in [-0.25, -0.2) is 4.98 Å². The highest BCUT2D eigenvalue weighted by Gasteiger charge is 2.07. The number of methoxy groups -OCH3 is 1. The summed E-state index contributed by atoms with van der Waals surface area (Å²) in [5, 5.41) is 2.90. The van der Waals surface area contributed by atoms with Crippen LogP contribution in [0.4, 0.5) is 11.6 Å². The third kappa shape index (κ3) is 4.95. The van der Waals surface area contributed by atoms with Gasteiger partial charge in [0, 0.05) is 11.8 Å². The van der Waals surface area contributed by atoms with Crippen molar-refractivity contribution in [3.05, 3.63) is 51.9 Å². The zero-order chi connectivity index (χ0) is 16.8. The van der Waals surface area contributed by atoms with Crippen LogP contribution < -0.4 is 16.6 Å². The summed E-state index contributed by atoms with van der Waals surface area (Å²) in [4.78, 5) is 33.3. The molecule has 2 rings (SSSR count). The molecule has 0 atom stereocenters. The number of carbonyl (C=O) groups is 1. The van der Waals surface area contributed by atoms with Crippen LogP contribution in [0.3, 0.4) is 0 Å². The Kier molecular flexibility index (Phi) is 5.08. The van der Waals surface area contributed by atoms with E-state index in [-0.39, 0.29) is 24.0 Å². The predicted molar refractivity (Wildman–Crippen MR) is 86.7 cm³/mol. The van der Waals surface area contributed by atoms with Gasteiger partial charge in [-0.2, -0.15) is 4.99 Å². The van der Waals surface area contributed by atoms with Crippen LogP contribution in [0.15, 0.2) is 40.1 Å². The zero-order valence-electron chi connectivity index (χ0n) is 12.8. The fraction of sp³-hybridized carbons (Fsp3) is 0.200. The Bertz CT molecular complexity index is 798. The molecule has 0 aliphatic rings. The summed E-state index contributed by atoms with van der Waals surface area (Å²) in [5.41, 5.74) is 7.45. The lowest BCUT2D eigenvalue weighted by atomic mass is 10.2. The summed E-state index contributed by atoms with van der Waals surface area (Å²) >= 11 is 0. The first-order chi connectivity index (χ1) is 11.0. The van der Waals surface area contributed by atoms with E-state index >= 15 is 0 Å². The minimum absolute atomic E-state index is 0.00839. The first-order valence-corrected chi connectivity index (χ1v) is 6.81. The molecular weight excluding hydrogens is 298 g/mol. The number of nitrogens with zero attached hydrogens (tertiary/aromatic N) is 2. The Labute approximate surface area is 132 Å². The lowest BCUT2D eigenvalue weighted by molar-refractivity contribution is -0.139. The van der Waals surface area contributed by atoms with E-state index in [1.807, 2.05) is 31.2 Å². The van der Waals surface area contributed by atoms with Crippen LogP contribution in [0.25, 0.3) is 0 Å². The van der Waals surface area contributed by atoms with Crippen molar-refractivity contribution in [2.24, 2.45) is 10.7 Å². The highest BCUT2D eigenvalue weighted by Crippen LogP contribution is 2.10. The number of aromatic amines is 1. The molecule has 1 aromatic heterocycles. The number of hydrogen-bond acceptors (Lipinski definition) is 5. The van der Waals surface area contributed by atoms with E-state index < -0.39 is 11.5 Å². The monoisotopic (exact) mass is 315 g/mol. The third-order valence-corrected chi connectivity index (χ3v) is 2.85. The van der Waals surface area contributed by atoms with Gasteiger partial charge >= 0.3 is 5.97 Å². The minimum Gasteiger partial charge on any atom is -0.469 e. The molecule has 0 saturated heterocycles.